The lowest BCUT2D eigenvalue weighted by Gasteiger charge is -2.12. The second-order valence-corrected chi connectivity index (χ2v) is 10.0. The zero-order valence-electron chi connectivity index (χ0n) is 20.1. The van der Waals surface area contributed by atoms with Crippen LogP contribution in [-0.2, 0) is 17.8 Å². The van der Waals surface area contributed by atoms with E-state index in [4.69, 9.17) is 14.7 Å². The molecule has 9 heteroatoms. The van der Waals surface area contributed by atoms with Gasteiger partial charge in [-0.3, -0.25) is 4.79 Å². The van der Waals surface area contributed by atoms with Crippen molar-refractivity contribution in [1.82, 2.24) is 25.1 Å². The summed E-state index contributed by atoms with van der Waals surface area (Å²) >= 11 is 1.63. The van der Waals surface area contributed by atoms with Crippen molar-refractivity contribution >= 4 is 34.5 Å². The second kappa shape index (κ2) is 11.9. The Morgan fingerprint density at radius 1 is 1.15 bits per heavy atom. The minimum Gasteiger partial charge on any atom is -0.494 e. The number of nitrogens with zero attached hydrogens (tertiary/aromatic N) is 4. The summed E-state index contributed by atoms with van der Waals surface area (Å²) in [5, 5.41) is 12.9. The lowest BCUT2D eigenvalue weighted by molar-refractivity contribution is -0.120. The molecule has 0 fully saturated rings. The van der Waals surface area contributed by atoms with Gasteiger partial charge in [0.15, 0.2) is 10.8 Å². The number of carbonyl (C=O) groups excluding carboxylic acids is 1. The largest absolute Gasteiger partial charge is 0.494 e. The molecule has 0 saturated heterocycles. The average Bonchev–Trinajstić information content (AvgIpc) is 3.16. The molecular formula is C24H34N6O2S. The molecule has 0 aliphatic carbocycles. The van der Waals surface area contributed by atoms with Gasteiger partial charge in [-0.1, -0.05) is 51.6 Å². The summed E-state index contributed by atoms with van der Waals surface area (Å²) < 4.78 is 7.28. The van der Waals surface area contributed by atoms with Crippen molar-refractivity contribution in [2.45, 2.75) is 58.0 Å². The van der Waals surface area contributed by atoms with Crippen molar-refractivity contribution in [1.29, 1.82) is 0 Å². The van der Waals surface area contributed by atoms with Crippen LogP contribution in [0.1, 0.15) is 40.2 Å². The summed E-state index contributed by atoms with van der Waals surface area (Å²) in [7, 11) is 0. The molecule has 33 heavy (non-hydrogen) atoms. The molecule has 0 atom stereocenters. The molecule has 0 spiro atoms. The predicted molar refractivity (Wildman–Crippen MR) is 134 cm³/mol. The molecule has 2 aromatic heterocycles. The van der Waals surface area contributed by atoms with Crippen LogP contribution in [0.5, 0.6) is 5.75 Å². The molecule has 3 aromatic rings. The Hall–Kier alpha value is -2.81. The zero-order valence-corrected chi connectivity index (χ0v) is 20.9. The Labute approximate surface area is 199 Å². The van der Waals surface area contributed by atoms with Crippen LogP contribution < -0.4 is 15.4 Å². The van der Waals surface area contributed by atoms with E-state index in [1.807, 2.05) is 35.9 Å². The van der Waals surface area contributed by atoms with E-state index in [1.165, 1.54) is 0 Å². The number of thioether (sulfide) groups is 1. The maximum absolute atomic E-state index is 12.4. The molecule has 2 heterocycles. The fourth-order valence-electron chi connectivity index (χ4n) is 3.22. The van der Waals surface area contributed by atoms with Gasteiger partial charge >= 0.3 is 0 Å². The Balaban J connectivity index is 1.64. The van der Waals surface area contributed by atoms with Crippen LogP contribution in [-0.4, -0.2) is 50.6 Å². The highest BCUT2D eigenvalue weighted by Crippen LogP contribution is 2.26. The fourth-order valence-corrected chi connectivity index (χ4v) is 3.92. The maximum atomic E-state index is 12.4. The first-order valence-electron chi connectivity index (χ1n) is 11.5. The lowest BCUT2D eigenvalue weighted by Crippen LogP contribution is -2.28. The minimum atomic E-state index is -0.0272. The highest BCUT2D eigenvalue weighted by atomic mass is 32.2. The smallest absolute Gasteiger partial charge is 0.224 e. The van der Waals surface area contributed by atoms with Gasteiger partial charge in [-0.2, -0.15) is 5.10 Å². The predicted octanol–water partition coefficient (Wildman–Crippen LogP) is 4.15. The van der Waals surface area contributed by atoms with E-state index in [1.54, 1.807) is 18.0 Å². The van der Waals surface area contributed by atoms with Crippen molar-refractivity contribution in [3.63, 3.8) is 0 Å². The number of aromatic nitrogens is 4. The molecular weight excluding hydrogens is 436 g/mol. The number of hydrogen-bond acceptors (Lipinski definition) is 7. The Morgan fingerprint density at radius 3 is 2.58 bits per heavy atom. The molecule has 0 saturated carbocycles. The van der Waals surface area contributed by atoms with Crippen LogP contribution in [0.25, 0.3) is 11.0 Å². The standard InChI is InChI=1S/C24H34N6O2S/c1-6-32-19-9-7-18(8-10-19)13-21(31)25-11-12-30-23-20(15-27-30)22(26-14-16(2)3)28-24(29-23)33-17(4)5/h7-10,15-17H,6,11-14H2,1-5H3,(H,25,31)(H,26,28,29). The highest BCUT2D eigenvalue weighted by molar-refractivity contribution is 7.99. The molecule has 0 radical (unpaired) electrons. The Morgan fingerprint density at radius 2 is 1.91 bits per heavy atom. The summed E-state index contributed by atoms with van der Waals surface area (Å²) in [6, 6.07) is 7.61. The van der Waals surface area contributed by atoms with Crippen LogP contribution in [0.2, 0.25) is 0 Å². The first-order valence-corrected chi connectivity index (χ1v) is 12.4. The van der Waals surface area contributed by atoms with E-state index in [9.17, 15) is 4.79 Å². The van der Waals surface area contributed by atoms with Gasteiger partial charge in [-0.25, -0.2) is 14.6 Å². The van der Waals surface area contributed by atoms with Crippen molar-refractivity contribution < 1.29 is 9.53 Å². The van der Waals surface area contributed by atoms with Gasteiger partial charge in [0.25, 0.3) is 0 Å². The second-order valence-electron chi connectivity index (χ2n) is 8.50. The van der Waals surface area contributed by atoms with Gasteiger partial charge in [-0.15, -0.1) is 0 Å². The zero-order chi connectivity index (χ0) is 23.8. The number of carbonyl (C=O) groups is 1. The fraction of sp³-hybridized carbons (Fsp3) is 0.500. The summed E-state index contributed by atoms with van der Waals surface area (Å²) in [6.45, 7) is 13.0. The third-order valence-corrected chi connectivity index (χ3v) is 5.60. The Bertz CT molecular complexity index is 1050. The summed E-state index contributed by atoms with van der Waals surface area (Å²) in [4.78, 5) is 21.8. The van der Waals surface area contributed by atoms with Gasteiger partial charge < -0.3 is 15.4 Å². The van der Waals surface area contributed by atoms with Crippen LogP contribution in [0.3, 0.4) is 0 Å². The highest BCUT2D eigenvalue weighted by Gasteiger charge is 2.15. The van der Waals surface area contributed by atoms with E-state index in [2.05, 4.69) is 43.4 Å². The van der Waals surface area contributed by atoms with Crippen LogP contribution in [0.15, 0.2) is 35.6 Å². The van der Waals surface area contributed by atoms with E-state index >= 15 is 0 Å². The van der Waals surface area contributed by atoms with Crippen LogP contribution >= 0.6 is 11.8 Å². The molecule has 0 aliphatic rings. The number of ether oxygens (including phenoxy) is 1. The number of fused-ring (bicyclic) bond motifs is 1. The normalized spacial score (nSPS) is 11.4. The molecule has 2 N–H and O–H groups in total. The van der Waals surface area contributed by atoms with Crippen LogP contribution in [0.4, 0.5) is 5.82 Å². The van der Waals surface area contributed by atoms with Gasteiger partial charge in [0, 0.05) is 18.3 Å². The number of rotatable bonds is 12. The van der Waals surface area contributed by atoms with E-state index < -0.39 is 0 Å². The van der Waals surface area contributed by atoms with Crippen molar-refractivity contribution in [3.8, 4) is 5.75 Å². The number of amides is 1. The third kappa shape index (κ3) is 7.35. The third-order valence-electron chi connectivity index (χ3n) is 4.74. The van der Waals surface area contributed by atoms with Gasteiger partial charge in [-0.05, 0) is 30.5 Å². The maximum Gasteiger partial charge on any atom is 0.224 e. The first-order chi connectivity index (χ1) is 15.9. The molecule has 0 unspecified atom stereocenters. The monoisotopic (exact) mass is 470 g/mol. The molecule has 0 aliphatic heterocycles. The number of benzene rings is 1. The summed E-state index contributed by atoms with van der Waals surface area (Å²) in [5.41, 5.74) is 1.73. The van der Waals surface area contributed by atoms with Gasteiger partial charge in [0.2, 0.25) is 5.91 Å². The van der Waals surface area contributed by atoms with Crippen molar-refractivity contribution in [2.24, 2.45) is 5.92 Å². The number of nitrogens with one attached hydrogen (secondary N) is 2. The van der Waals surface area contributed by atoms with E-state index in [0.717, 1.165) is 39.9 Å². The Kier molecular flexibility index (Phi) is 8.94. The molecule has 3 rings (SSSR count). The van der Waals surface area contributed by atoms with E-state index in [0.29, 0.717) is 37.3 Å². The van der Waals surface area contributed by atoms with Gasteiger partial charge in [0.05, 0.1) is 31.2 Å². The molecule has 0 bridgehead atoms. The molecule has 1 aromatic carbocycles. The first kappa shape index (κ1) is 24.8. The summed E-state index contributed by atoms with van der Waals surface area (Å²) in [6.07, 6.45) is 2.12. The number of hydrogen-bond donors (Lipinski definition) is 2. The molecule has 178 valence electrons. The van der Waals surface area contributed by atoms with Crippen molar-refractivity contribution in [3.05, 3.63) is 36.0 Å². The summed E-state index contributed by atoms with van der Waals surface area (Å²) in [5.74, 6) is 2.09. The SMILES string of the molecule is CCOc1ccc(CC(=O)NCCn2ncc3c(NCC(C)C)nc(SC(C)C)nc32)cc1. The van der Waals surface area contributed by atoms with E-state index in [-0.39, 0.29) is 5.91 Å². The van der Waals surface area contributed by atoms with Crippen molar-refractivity contribution in [2.75, 3.05) is 25.0 Å². The molecule has 1 amide bonds. The van der Waals surface area contributed by atoms with Gasteiger partial charge in [0.1, 0.15) is 11.6 Å². The lowest BCUT2D eigenvalue weighted by atomic mass is 10.1. The topological polar surface area (TPSA) is 94.0 Å². The quantitative estimate of drug-likeness (QED) is 0.303. The molecule has 8 nitrogen and oxygen atoms in total. The average molecular weight is 471 g/mol. The van der Waals surface area contributed by atoms with Crippen LogP contribution in [0, 0.1) is 5.92 Å². The minimum absolute atomic E-state index is 0.0272. The number of anilines is 1.